The van der Waals surface area contributed by atoms with Gasteiger partial charge >= 0.3 is 5.97 Å². The zero-order valence-corrected chi connectivity index (χ0v) is 12.0. The number of benzene rings is 1. The number of esters is 1. The van der Waals surface area contributed by atoms with Crippen LogP contribution in [-0.2, 0) is 9.53 Å². The molecule has 0 radical (unpaired) electrons. The fourth-order valence-corrected chi connectivity index (χ4v) is 1.89. The van der Waals surface area contributed by atoms with Crippen molar-refractivity contribution in [3.63, 3.8) is 0 Å². The predicted octanol–water partition coefficient (Wildman–Crippen LogP) is 2.30. The van der Waals surface area contributed by atoms with Crippen molar-refractivity contribution < 1.29 is 14.6 Å². The van der Waals surface area contributed by atoms with Gasteiger partial charge in [-0.3, -0.25) is 4.79 Å². The second-order valence-corrected chi connectivity index (χ2v) is 4.78. The van der Waals surface area contributed by atoms with Gasteiger partial charge in [-0.2, -0.15) is 0 Å². The van der Waals surface area contributed by atoms with Gasteiger partial charge in [-0.1, -0.05) is 23.7 Å². The van der Waals surface area contributed by atoms with Gasteiger partial charge in [-0.15, -0.1) is 0 Å². The molecule has 0 aromatic heterocycles. The van der Waals surface area contributed by atoms with E-state index in [1.54, 1.807) is 6.92 Å². The summed E-state index contributed by atoms with van der Waals surface area (Å²) in [7, 11) is 0. The van der Waals surface area contributed by atoms with Gasteiger partial charge in [0.2, 0.25) is 0 Å². The molecule has 0 saturated heterocycles. The number of halogens is 1. The lowest BCUT2D eigenvalue weighted by molar-refractivity contribution is -0.145. The summed E-state index contributed by atoms with van der Waals surface area (Å²) in [6.45, 7) is 4.37. The Hall–Kier alpha value is -1.10. The highest BCUT2D eigenvalue weighted by atomic mass is 35.5. The molecule has 106 valence electrons. The molecule has 0 saturated carbocycles. The SMILES string of the molecule is CCOC(=O)CC(O)CNC(C)c1cccc(Cl)c1. The van der Waals surface area contributed by atoms with Crippen molar-refractivity contribution in [2.45, 2.75) is 32.4 Å². The van der Waals surface area contributed by atoms with Gasteiger partial charge in [-0.25, -0.2) is 0 Å². The van der Waals surface area contributed by atoms with E-state index in [2.05, 4.69) is 5.32 Å². The highest BCUT2D eigenvalue weighted by Crippen LogP contribution is 2.17. The second-order valence-electron chi connectivity index (χ2n) is 4.35. The monoisotopic (exact) mass is 285 g/mol. The van der Waals surface area contributed by atoms with Crippen LogP contribution in [0.4, 0.5) is 0 Å². The Bertz CT molecular complexity index is 411. The summed E-state index contributed by atoms with van der Waals surface area (Å²) in [4.78, 5) is 11.2. The minimum absolute atomic E-state index is 0.00308. The van der Waals surface area contributed by atoms with Crippen LogP contribution in [0.3, 0.4) is 0 Å². The fraction of sp³-hybridized carbons (Fsp3) is 0.500. The average Bonchev–Trinajstić information content (AvgIpc) is 2.36. The van der Waals surface area contributed by atoms with E-state index in [4.69, 9.17) is 16.3 Å². The number of hydrogen-bond acceptors (Lipinski definition) is 4. The zero-order chi connectivity index (χ0) is 14.3. The van der Waals surface area contributed by atoms with Crippen molar-refractivity contribution in [2.75, 3.05) is 13.2 Å². The molecular formula is C14H20ClNO3. The maximum Gasteiger partial charge on any atom is 0.308 e. The van der Waals surface area contributed by atoms with Gasteiger partial charge in [0.05, 0.1) is 19.1 Å². The molecule has 0 fully saturated rings. The summed E-state index contributed by atoms with van der Waals surface area (Å²) in [6.07, 6.45) is -0.746. The third-order valence-corrected chi connectivity index (χ3v) is 2.95. The number of carbonyl (C=O) groups is 1. The highest BCUT2D eigenvalue weighted by Gasteiger charge is 2.13. The van der Waals surface area contributed by atoms with Crippen molar-refractivity contribution in [1.29, 1.82) is 0 Å². The molecule has 1 aromatic carbocycles. The standard InChI is InChI=1S/C14H20ClNO3/c1-3-19-14(18)8-13(17)9-16-10(2)11-5-4-6-12(15)7-11/h4-7,10,13,16-17H,3,8-9H2,1-2H3. The first-order chi connectivity index (χ1) is 9.02. The molecule has 5 heteroatoms. The molecule has 0 bridgehead atoms. The zero-order valence-electron chi connectivity index (χ0n) is 11.2. The smallest absolute Gasteiger partial charge is 0.308 e. The van der Waals surface area contributed by atoms with Crippen LogP contribution in [0.2, 0.25) is 5.02 Å². The average molecular weight is 286 g/mol. The number of aliphatic hydroxyl groups is 1. The minimum atomic E-state index is -0.749. The van der Waals surface area contributed by atoms with Crippen molar-refractivity contribution in [3.05, 3.63) is 34.9 Å². The molecule has 19 heavy (non-hydrogen) atoms. The van der Waals surface area contributed by atoms with Crippen molar-refractivity contribution >= 4 is 17.6 Å². The molecule has 1 aromatic rings. The number of hydrogen-bond donors (Lipinski definition) is 2. The van der Waals surface area contributed by atoms with E-state index < -0.39 is 6.10 Å². The summed E-state index contributed by atoms with van der Waals surface area (Å²) in [5, 5.41) is 13.5. The van der Waals surface area contributed by atoms with Crippen LogP contribution in [0.25, 0.3) is 0 Å². The molecule has 2 atom stereocenters. The third-order valence-electron chi connectivity index (χ3n) is 2.72. The molecule has 0 aliphatic carbocycles. The maximum absolute atomic E-state index is 11.2. The van der Waals surface area contributed by atoms with Gasteiger partial charge in [0.25, 0.3) is 0 Å². The van der Waals surface area contributed by atoms with Gasteiger partial charge < -0.3 is 15.2 Å². The first-order valence-corrected chi connectivity index (χ1v) is 6.73. The second kappa shape index (κ2) is 8.15. The van der Waals surface area contributed by atoms with Crippen LogP contribution in [0, 0.1) is 0 Å². The number of rotatable bonds is 7. The van der Waals surface area contributed by atoms with Gasteiger partial charge in [0, 0.05) is 17.6 Å². The summed E-state index contributed by atoms with van der Waals surface area (Å²) in [5.41, 5.74) is 1.04. The van der Waals surface area contributed by atoms with Crippen LogP contribution in [0.15, 0.2) is 24.3 Å². The number of ether oxygens (including phenoxy) is 1. The van der Waals surface area contributed by atoms with E-state index in [1.165, 1.54) is 0 Å². The normalized spacial score (nSPS) is 13.9. The van der Waals surface area contributed by atoms with Crippen LogP contribution in [-0.4, -0.2) is 30.3 Å². The molecular weight excluding hydrogens is 266 g/mol. The largest absolute Gasteiger partial charge is 0.466 e. The molecule has 1 rings (SSSR count). The molecule has 0 spiro atoms. The lowest BCUT2D eigenvalue weighted by Crippen LogP contribution is -2.31. The summed E-state index contributed by atoms with van der Waals surface area (Å²) >= 11 is 5.92. The summed E-state index contributed by atoms with van der Waals surface area (Å²) in [5.74, 6) is -0.382. The Labute approximate surface area is 118 Å². The van der Waals surface area contributed by atoms with Gasteiger partial charge in [-0.05, 0) is 31.5 Å². The van der Waals surface area contributed by atoms with Crippen LogP contribution >= 0.6 is 11.6 Å². The van der Waals surface area contributed by atoms with Gasteiger partial charge in [0.1, 0.15) is 0 Å². The van der Waals surface area contributed by atoms with Crippen LogP contribution < -0.4 is 5.32 Å². The fourth-order valence-electron chi connectivity index (χ4n) is 1.69. The summed E-state index contributed by atoms with van der Waals surface area (Å²) < 4.78 is 4.78. The molecule has 2 unspecified atom stereocenters. The van der Waals surface area contributed by atoms with Crippen LogP contribution in [0.1, 0.15) is 31.9 Å². The van der Waals surface area contributed by atoms with E-state index in [-0.39, 0.29) is 18.4 Å². The molecule has 0 amide bonds. The van der Waals surface area contributed by atoms with E-state index in [0.717, 1.165) is 5.56 Å². The van der Waals surface area contributed by atoms with Gasteiger partial charge in [0.15, 0.2) is 0 Å². The Morgan fingerprint density at radius 1 is 1.53 bits per heavy atom. The van der Waals surface area contributed by atoms with Crippen molar-refractivity contribution in [2.24, 2.45) is 0 Å². The van der Waals surface area contributed by atoms with Crippen molar-refractivity contribution in [3.8, 4) is 0 Å². The number of aliphatic hydroxyl groups excluding tert-OH is 1. The first-order valence-electron chi connectivity index (χ1n) is 6.35. The van der Waals surface area contributed by atoms with E-state index in [9.17, 15) is 9.90 Å². The lowest BCUT2D eigenvalue weighted by Gasteiger charge is -2.17. The third kappa shape index (κ3) is 6.05. The number of carbonyl (C=O) groups excluding carboxylic acids is 1. The van der Waals surface area contributed by atoms with Crippen LogP contribution in [0.5, 0.6) is 0 Å². The minimum Gasteiger partial charge on any atom is -0.466 e. The Balaban J connectivity index is 2.37. The topological polar surface area (TPSA) is 58.6 Å². The first kappa shape index (κ1) is 16.0. The molecule has 0 aliphatic rings. The maximum atomic E-state index is 11.2. The summed E-state index contributed by atoms with van der Waals surface area (Å²) in [6, 6.07) is 7.58. The highest BCUT2D eigenvalue weighted by molar-refractivity contribution is 6.30. The van der Waals surface area contributed by atoms with E-state index in [0.29, 0.717) is 18.2 Å². The van der Waals surface area contributed by atoms with E-state index in [1.807, 2.05) is 31.2 Å². The molecule has 0 heterocycles. The Kier molecular flexibility index (Phi) is 6.84. The van der Waals surface area contributed by atoms with Crippen molar-refractivity contribution in [1.82, 2.24) is 5.32 Å². The Morgan fingerprint density at radius 3 is 2.89 bits per heavy atom. The quantitative estimate of drug-likeness (QED) is 0.755. The molecule has 2 N–H and O–H groups in total. The Morgan fingerprint density at radius 2 is 2.26 bits per heavy atom. The molecule has 0 aliphatic heterocycles. The molecule has 4 nitrogen and oxygen atoms in total. The predicted molar refractivity (Wildman–Crippen MR) is 75.1 cm³/mol. The lowest BCUT2D eigenvalue weighted by atomic mass is 10.1. The van der Waals surface area contributed by atoms with E-state index >= 15 is 0 Å². The number of nitrogens with one attached hydrogen (secondary N) is 1.